The maximum Gasteiger partial charge on any atom is 0.0837 e. The van der Waals surface area contributed by atoms with Crippen LogP contribution in [0.2, 0.25) is 10.0 Å². The summed E-state index contributed by atoms with van der Waals surface area (Å²) in [6.45, 7) is 8.61. The molecule has 2 atom stereocenters. The van der Waals surface area contributed by atoms with Crippen molar-refractivity contribution in [3.8, 4) is 0 Å². The van der Waals surface area contributed by atoms with Gasteiger partial charge in [-0.2, -0.15) is 0 Å². The van der Waals surface area contributed by atoms with Crippen LogP contribution in [0.5, 0.6) is 0 Å². The molecule has 1 N–H and O–H groups in total. The van der Waals surface area contributed by atoms with Crippen LogP contribution in [0.15, 0.2) is 16.6 Å². The van der Waals surface area contributed by atoms with Gasteiger partial charge in [-0.1, -0.05) is 37.0 Å². The van der Waals surface area contributed by atoms with Crippen molar-refractivity contribution in [1.29, 1.82) is 0 Å². The number of hydrogen-bond acceptors (Lipinski definition) is 2. The molecule has 0 aliphatic carbocycles. The molecule has 2 unspecified atom stereocenters. The third-order valence-electron chi connectivity index (χ3n) is 4.30. The highest BCUT2D eigenvalue weighted by Gasteiger charge is 2.34. The van der Waals surface area contributed by atoms with Crippen LogP contribution in [-0.2, 0) is 0 Å². The second kappa shape index (κ2) is 6.43. The first-order valence-corrected chi connectivity index (χ1v) is 8.62. The lowest BCUT2D eigenvalue weighted by Crippen LogP contribution is -2.62. The SMILES string of the molecule is CCC1CNC(C)(CC)CN1c1ccc(Br)c(Cl)c1Cl. The van der Waals surface area contributed by atoms with E-state index in [4.69, 9.17) is 23.2 Å². The molecule has 0 saturated carbocycles. The third kappa shape index (κ3) is 3.11. The molecule has 2 rings (SSSR count). The molecule has 2 nitrogen and oxygen atoms in total. The van der Waals surface area contributed by atoms with Crippen molar-refractivity contribution >= 4 is 44.8 Å². The van der Waals surface area contributed by atoms with Gasteiger partial charge in [-0.05, 0) is 47.8 Å². The maximum atomic E-state index is 6.47. The van der Waals surface area contributed by atoms with Crippen LogP contribution in [0.25, 0.3) is 0 Å². The van der Waals surface area contributed by atoms with Crippen LogP contribution in [0.1, 0.15) is 33.6 Å². The number of hydrogen-bond donors (Lipinski definition) is 1. The van der Waals surface area contributed by atoms with Crippen molar-refractivity contribution in [1.82, 2.24) is 5.32 Å². The van der Waals surface area contributed by atoms with E-state index in [0.29, 0.717) is 16.1 Å². The first-order valence-electron chi connectivity index (χ1n) is 7.07. The standard InChI is InChI=1S/C15H21BrCl2N2/c1-4-10-8-19-15(3,5-2)9-20(10)12-7-6-11(16)13(17)14(12)18/h6-7,10,19H,4-5,8-9H2,1-3H3. The number of rotatable bonds is 3. The Morgan fingerprint density at radius 1 is 1.35 bits per heavy atom. The second-order valence-corrected chi connectivity index (χ2v) is 7.29. The predicted molar refractivity (Wildman–Crippen MR) is 92.3 cm³/mol. The zero-order valence-electron chi connectivity index (χ0n) is 12.1. The summed E-state index contributed by atoms with van der Waals surface area (Å²) in [7, 11) is 0. The van der Waals surface area contributed by atoms with Gasteiger partial charge in [0.1, 0.15) is 0 Å². The fourth-order valence-corrected chi connectivity index (χ4v) is 3.53. The van der Waals surface area contributed by atoms with Gasteiger partial charge in [0.25, 0.3) is 0 Å². The molecule has 20 heavy (non-hydrogen) atoms. The number of anilines is 1. The van der Waals surface area contributed by atoms with Crippen LogP contribution in [0, 0.1) is 0 Å². The Balaban J connectivity index is 2.39. The minimum atomic E-state index is 0.120. The summed E-state index contributed by atoms with van der Waals surface area (Å²) in [5, 5.41) is 4.90. The molecular formula is C15H21BrCl2N2. The van der Waals surface area contributed by atoms with Crippen LogP contribution < -0.4 is 10.2 Å². The van der Waals surface area contributed by atoms with E-state index < -0.39 is 0 Å². The van der Waals surface area contributed by atoms with Gasteiger partial charge in [0, 0.05) is 29.1 Å². The molecule has 112 valence electrons. The highest BCUT2D eigenvalue weighted by Crippen LogP contribution is 2.40. The van der Waals surface area contributed by atoms with E-state index in [0.717, 1.165) is 36.1 Å². The molecule has 1 aromatic carbocycles. The average molecular weight is 380 g/mol. The lowest BCUT2D eigenvalue weighted by Gasteiger charge is -2.47. The van der Waals surface area contributed by atoms with Crippen LogP contribution in [-0.4, -0.2) is 24.7 Å². The van der Waals surface area contributed by atoms with Gasteiger partial charge in [-0.3, -0.25) is 0 Å². The quantitative estimate of drug-likeness (QED) is 0.733. The molecular weight excluding hydrogens is 359 g/mol. The molecule has 0 spiro atoms. The molecule has 5 heteroatoms. The van der Waals surface area contributed by atoms with Crippen molar-refractivity contribution in [2.45, 2.75) is 45.2 Å². The van der Waals surface area contributed by atoms with Crippen LogP contribution in [0.4, 0.5) is 5.69 Å². The van der Waals surface area contributed by atoms with Gasteiger partial charge in [0.05, 0.1) is 15.7 Å². The van der Waals surface area contributed by atoms with E-state index >= 15 is 0 Å². The molecule has 1 aliphatic heterocycles. The van der Waals surface area contributed by atoms with E-state index in [2.05, 4.69) is 53.0 Å². The largest absolute Gasteiger partial charge is 0.364 e. The Kier molecular flexibility index (Phi) is 5.28. The van der Waals surface area contributed by atoms with Crippen LogP contribution >= 0.6 is 39.1 Å². The number of piperazine rings is 1. The fraction of sp³-hybridized carbons (Fsp3) is 0.600. The van der Waals surface area contributed by atoms with E-state index in [9.17, 15) is 0 Å². The molecule has 0 bridgehead atoms. The Hall–Kier alpha value is 0.0400. The van der Waals surface area contributed by atoms with Crippen molar-refractivity contribution in [3.63, 3.8) is 0 Å². The molecule has 1 saturated heterocycles. The van der Waals surface area contributed by atoms with Crippen LogP contribution in [0.3, 0.4) is 0 Å². The summed E-state index contributed by atoms with van der Waals surface area (Å²) in [6.07, 6.45) is 2.17. The summed E-state index contributed by atoms with van der Waals surface area (Å²) >= 11 is 16.2. The normalized spacial score (nSPS) is 26.9. The van der Waals surface area contributed by atoms with Gasteiger partial charge in [0.15, 0.2) is 0 Å². The highest BCUT2D eigenvalue weighted by atomic mass is 79.9. The first kappa shape index (κ1) is 16.4. The third-order valence-corrected chi connectivity index (χ3v) is 6.06. The molecule has 1 fully saturated rings. The predicted octanol–water partition coefficient (Wildman–Crippen LogP) is 5.11. The zero-order valence-corrected chi connectivity index (χ0v) is 15.2. The number of benzene rings is 1. The Labute approximate surface area is 139 Å². The second-order valence-electron chi connectivity index (χ2n) is 5.68. The lowest BCUT2D eigenvalue weighted by atomic mass is 9.92. The van der Waals surface area contributed by atoms with Gasteiger partial charge in [-0.15, -0.1) is 0 Å². The van der Waals surface area contributed by atoms with E-state index in [1.807, 2.05) is 6.07 Å². The molecule has 0 amide bonds. The highest BCUT2D eigenvalue weighted by molar-refractivity contribution is 9.10. The van der Waals surface area contributed by atoms with E-state index in [1.165, 1.54) is 0 Å². The van der Waals surface area contributed by atoms with Gasteiger partial charge >= 0.3 is 0 Å². The maximum absolute atomic E-state index is 6.47. The molecule has 0 radical (unpaired) electrons. The molecule has 1 heterocycles. The summed E-state index contributed by atoms with van der Waals surface area (Å²) < 4.78 is 0.842. The summed E-state index contributed by atoms with van der Waals surface area (Å²) in [4.78, 5) is 2.40. The van der Waals surface area contributed by atoms with Crippen molar-refractivity contribution < 1.29 is 0 Å². The van der Waals surface area contributed by atoms with E-state index in [1.54, 1.807) is 0 Å². The lowest BCUT2D eigenvalue weighted by molar-refractivity contribution is 0.276. The summed E-state index contributed by atoms with van der Waals surface area (Å²) in [6, 6.07) is 4.48. The van der Waals surface area contributed by atoms with Gasteiger partial charge in [-0.25, -0.2) is 0 Å². The Morgan fingerprint density at radius 2 is 2.05 bits per heavy atom. The average Bonchev–Trinajstić information content (AvgIpc) is 2.45. The smallest absolute Gasteiger partial charge is 0.0837 e. The first-order chi connectivity index (χ1) is 9.41. The molecule has 1 aliphatic rings. The van der Waals surface area contributed by atoms with Crippen molar-refractivity contribution in [3.05, 3.63) is 26.7 Å². The van der Waals surface area contributed by atoms with E-state index in [-0.39, 0.29) is 5.54 Å². The minimum absolute atomic E-state index is 0.120. The van der Waals surface area contributed by atoms with Crippen molar-refractivity contribution in [2.24, 2.45) is 0 Å². The Morgan fingerprint density at radius 3 is 2.65 bits per heavy atom. The van der Waals surface area contributed by atoms with Gasteiger partial charge < -0.3 is 10.2 Å². The Bertz CT molecular complexity index is 495. The van der Waals surface area contributed by atoms with Gasteiger partial charge in [0.2, 0.25) is 0 Å². The fourth-order valence-electron chi connectivity index (χ4n) is 2.66. The monoisotopic (exact) mass is 378 g/mol. The van der Waals surface area contributed by atoms with Crippen molar-refractivity contribution in [2.75, 3.05) is 18.0 Å². The zero-order chi connectivity index (χ0) is 14.9. The topological polar surface area (TPSA) is 15.3 Å². The summed E-state index contributed by atoms with van der Waals surface area (Å²) in [5.41, 5.74) is 1.15. The summed E-state index contributed by atoms with van der Waals surface area (Å²) in [5.74, 6) is 0. The number of nitrogens with zero attached hydrogens (tertiary/aromatic N) is 1. The number of halogens is 3. The molecule has 0 aromatic heterocycles. The molecule has 1 aromatic rings. The number of nitrogens with one attached hydrogen (secondary N) is 1. The minimum Gasteiger partial charge on any atom is -0.364 e.